The van der Waals surface area contributed by atoms with E-state index in [9.17, 15) is 14.4 Å². The third-order valence-electron chi connectivity index (χ3n) is 3.93. The van der Waals surface area contributed by atoms with Crippen LogP contribution in [0.2, 0.25) is 0 Å². The SMILES string of the molecule is CCOC(=O)N1CCN(C(=O)COC(=O)COc2ccc(OC)cc2)CC1. The van der Waals surface area contributed by atoms with Crippen LogP contribution in [-0.4, -0.2) is 80.9 Å². The van der Waals surface area contributed by atoms with Gasteiger partial charge >= 0.3 is 12.1 Å². The molecule has 0 aromatic heterocycles. The molecule has 0 aliphatic carbocycles. The van der Waals surface area contributed by atoms with Crippen molar-refractivity contribution in [3.63, 3.8) is 0 Å². The molecular weight excluding hydrogens is 356 g/mol. The molecule has 2 amide bonds. The quantitative estimate of drug-likeness (QED) is 0.649. The van der Waals surface area contributed by atoms with E-state index in [2.05, 4.69) is 0 Å². The normalized spacial score (nSPS) is 13.7. The van der Waals surface area contributed by atoms with Crippen molar-refractivity contribution in [1.82, 2.24) is 9.80 Å². The number of esters is 1. The van der Waals surface area contributed by atoms with Crippen molar-refractivity contribution in [3.05, 3.63) is 24.3 Å². The summed E-state index contributed by atoms with van der Waals surface area (Å²) in [5.74, 6) is 0.230. The number of hydrogen-bond acceptors (Lipinski definition) is 7. The highest BCUT2D eigenvalue weighted by Crippen LogP contribution is 2.16. The van der Waals surface area contributed by atoms with Crippen molar-refractivity contribution in [2.75, 3.05) is 53.1 Å². The van der Waals surface area contributed by atoms with Crippen molar-refractivity contribution in [2.45, 2.75) is 6.92 Å². The predicted molar refractivity (Wildman–Crippen MR) is 94.6 cm³/mol. The average molecular weight is 380 g/mol. The van der Waals surface area contributed by atoms with Crippen LogP contribution < -0.4 is 9.47 Å². The molecule has 2 rings (SSSR count). The topological polar surface area (TPSA) is 94.6 Å². The molecule has 0 bridgehead atoms. The van der Waals surface area contributed by atoms with E-state index in [1.54, 1.807) is 48.1 Å². The third kappa shape index (κ3) is 6.36. The Morgan fingerprint density at radius 1 is 0.889 bits per heavy atom. The Kier molecular flexibility index (Phi) is 7.72. The Morgan fingerprint density at radius 2 is 1.48 bits per heavy atom. The Hall–Kier alpha value is -2.97. The number of piperazine rings is 1. The minimum Gasteiger partial charge on any atom is -0.497 e. The Balaban J connectivity index is 1.66. The molecule has 0 saturated carbocycles. The van der Waals surface area contributed by atoms with Crippen LogP contribution in [0.5, 0.6) is 11.5 Å². The van der Waals surface area contributed by atoms with Gasteiger partial charge in [0, 0.05) is 26.2 Å². The highest BCUT2D eigenvalue weighted by atomic mass is 16.6. The van der Waals surface area contributed by atoms with Gasteiger partial charge in [-0.1, -0.05) is 0 Å². The van der Waals surface area contributed by atoms with Gasteiger partial charge in [0.25, 0.3) is 5.91 Å². The van der Waals surface area contributed by atoms with Crippen LogP contribution in [0, 0.1) is 0 Å². The van der Waals surface area contributed by atoms with Crippen molar-refractivity contribution >= 4 is 18.0 Å². The fourth-order valence-corrected chi connectivity index (χ4v) is 2.44. The Morgan fingerprint density at radius 3 is 2.07 bits per heavy atom. The Bertz CT molecular complexity index is 640. The number of ether oxygens (including phenoxy) is 4. The van der Waals surface area contributed by atoms with Crippen LogP contribution in [0.1, 0.15) is 6.92 Å². The molecule has 148 valence electrons. The van der Waals surface area contributed by atoms with Gasteiger partial charge in [0.1, 0.15) is 11.5 Å². The third-order valence-corrected chi connectivity index (χ3v) is 3.93. The summed E-state index contributed by atoms with van der Waals surface area (Å²) in [6.45, 7) is 2.92. The van der Waals surface area contributed by atoms with Gasteiger partial charge in [0.05, 0.1) is 13.7 Å². The van der Waals surface area contributed by atoms with Gasteiger partial charge < -0.3 is 28.7 Å². The maximum Gasteiger partial charge on any atom is 0.409 e. The van der Waals surface area contributed by atoms with Crippen molar-refractivity contribution in [3.8, 4) is 11.5 Å². The molecule has 0 N–H and O–H groups in total. The van der Waals surface area contributed by atoms with Crippen LogP contribution in [0.15, 0.2) is 24.3 Å². The van der Waals surface area contributed by atoms with Crippen LogP contribution >= 0.6 is 0 Å². The monoisotopic (exact) mass is 380 g/mol. The maximum atomic E-state index is 12.1. The molecule has 1 aromatic rings. The van der Waals surface area contributed by atoms with E-state index in [4.69, 9.17) is 18.9 Å². The Labute approximate surface area is 157 Å². The van der Waals surface area contributed by atoms with Gasteiger partial charge in [0.2, 0.25) is 0 Å². The smallest absolute Gasteiger partial charge is 0.409 e. The van der Waals surface area contributed by atoms with E-state index in [1.807, 2.05) is 0 Å². The summed E-state index contributed by atoms with van der Waals surface area (Å²) < 4.78 is 20.2. The van der Waals surface area contributed by atoms with Gasteiger partial charge in [-0.05, 0) is 31.2 Å². The minimum absolute atomic E-state index is 0.295. The summed E-state index contributed by atoms with van der Waals surface area (Å²) in [7, 11) is 1.56. The van der Waals surface area contributed by atoms with Gasteiger partial charge in [-0.3, -0.25) is 4.79 Å². The fourth-order valence-electron chi connectivity index (χ4n) is 2.44. The average Bonchev–Trinajstić information content (AvgIpc) is 2.71. The second-order valence-electron chi connectivity index (χ2n) is 5.69. The number of benzene rings is 1. The summed E-state index contributed by atoms with van der Waals surface area (Å²) in [6.07, 6.45) is -0.383. The maximum absolute atomic E-state index is 12.1. The van der Waals surface area contributed by atoms with Crippen molar-refractivity contribution in [1.29, 1.82) is 0 Å². The highest BCUT2D eigenvalue weighted by Gasteiger charge is 2.25. The van der Waals surface area contributed by atoms with Crippen molar-refractivity contribution in [2.24, 2.45) is 0 Å². The molecule has 1 saturated heterocycles. The first-order valence-electron chi connectivity index (χ1n) is 8.65. The lowest BCUT2D eigenvalue weighted by molar-refractivity contribution is -0.154. The van der Waals surface area contributed by atoms with E-state index < -0.39 is 5.97 Å². The molecular formula is C18H24N2O7. The predicted octanol–water partition coefficient (Wildman–Crippen LogP) is 0.918. The zero-order valence-electron chi connectivity index (χ0n) is 15.5. The summed E-state index contributed by atoms with van der Waals surface area (Å²) in [5, 5.41) is 0. The molecule has 9 nitrogen and oxygen atoms in total. The van der Waals surface area contributed by atoms with E-state index in [0.29, 0.717) is 44.3 Å². The first kappa shape index (κ1) is 20.3. The molecule has 9 heteroatoms. The number of carbonyl (C=O) groups excluding carboxylic acids is 3. The van der Waals surface area contributed by atoms with Gasteiger partial charge in [-0.2, -0.15) is 0 Å². The van der Waals surface area contributed by atoms with Crippen LogP contribution in [-0.2, 0) is 19.1 Å². The summed E-state index contributed by atoms with van der Waals surface area (Å²) in [5.41, 5.74) is 0. The van der Waals surface area contributed by atoms with Crippen LogP contribution in [0.3, 0.4) is 0 Å². The molecule has 0 radical (unpaired) electrons. The second-order valence-corrected chi connectivity index (χ2v) is 5.69. The lowest BCUT2D eigenvalue weighted by Crippen LogP contribution is -2.51. The fraction of sp³-hybridized carbons (Fsp3) is 0.500. The highest BCUT2D eigenvalue weighted by molar-refractivity contribution is 5.81. The number of hydrogen-bond donors (Lipinski definition) is 0. The molecule has 1 heterocycles. The minimum atomic E-state index is -0.635. The molecule has 1 aliphatic heterocycles. The van der Waals surface area contributed by atoms with E-state index in [-0.39, 0.29) is 25.2 Å². The van der Waals surface area contributed by atoms with E-state index >= 15 is 0 Å². The molecule has 0 atom stereocenters. The summed E-state index contributed by atoms with van der Waals surface area (Å²) in [4.78, 5) is 38.6. The number of carbonyl (C=O) groups is 3. The molecule has 1 aliphatic rings. The van der Waals surface area contributed by atoms with Crippen LogP contribution in [0.25, 0.3) is 0 Å². The molecule has 0 unspecified atom stereocenters. The first-order chi connectivity index (χ1) is 13.0. The van der Waals surface area contributed by atoms with Gasteiger partial charge in [0.15, 0.2) is 13.2 Å². The molecule has 0 spiro atoms. The van der Waals surface area contributed by atoms with E-state index in [0.717, 1.165) is 0 Å². The number of methoxy groups -OCH3 is 1. The van der Waals surface area contributed by atoms with Crippen molar-refractivity contribution < 1.29 is 33.3 Å². The molecule has 27 heavy (non-hydrogen) atoms. The number of nitrogens with zero attached hydrogens (tertiary/aromatic N) is 2. The second kappa shape index (κ2) is 10.2. The molecule has 1 aromatic carbocycles. The summed E-state index contributed by atoms with van der Waals surface area (Å²) in [6, 6.07) is 6.75. The number of amides is 2. The first-order valence-corrected chi connectivity index (χ1v) is 8.65. The van der Waals surface area contributed by atoms with E-state index in [1.165, 1.54) is 0 Å². The standard InChI is InChI=1S/C18H24N2O7/c1-3-25-18(23)20-10-8-19(9-11-20)16(21)12-27-17(22)13-26-15-6-4-14(24-2)5-7-15/h4-7H,3,8-13H2,1-2H3. The number of rotatable bonds is 7. The van der Waals surface area contributed by atoms with Gasteiger partial charge in [-0.25, -0.2) is 9.59 Å². The lowest BCUT2D eigenvalue weighted by Gasteiger charge is -2.33. The zero-order chi connectivity index (χ0) is 19.6. The largest absolute Gasteiger partial charge is 0.497 e. The van der Waals surface area contributed by atoms with Gasteiger partial charge in [-0.15, -0.1) is 0 Å². The lowest BCUT2D eigenvalue weighted by atomic mass is 10.3. The molecule has 1 fully saturated rings. The van der Waals surface area contributed by atoms with Crippen LogP contribution in [0.4, 0.5) is 4.79 Å². The summed E-state index contributed by atoms with van der Waals surface area (Å²) >= 11 is 0. The zero-order valence-corrected chi connectivity index (χ0v) is 15.5.